The topological polar surface area (TPSA) is 65.2 Å². The van der Waals surface area contributed by atoms with E-state index in [1.807, 2.05) is 65.6 Å². The van der Waals surface area contributed by atoms with Crippen molar-refractivity contribution in [2.24, 2.45) is 5.41 Å². The fraction of sp³-hybridized carbons (Fsp3) is 0.268. The van der Waals surface area contributed by atoms with E-state index in [0.717, 1.165) is 44.7 Å². The van der Waals surface area contributed by atoms with Crippen molar-refractivity contribution in [3.63, 3.8) is 0 Å². The van der Waals surface area contributed by atoms with Gasteiger partial charge in [-0.1, -0.05) is 107 Å². The highest BCUT2D eigenvalue weighted by molar-refractivity contribution is 6.30. The first-order valence-corrected chi connectivity index (χ1v) is 16.7. The molecule has 0 spiro atoms. The largest absolute Gasteiger partial charge is 0.358 e. The number of H-pyrrole nitrogens is 1. The summed E-state index contributed by atoms with van der Waals surface area (Å²) in [6, 6.07) is 32.2. The van der Waals surface area contributed by atoms with E-state index in [0.29, 0.717) is 35.7 Å². The third-order valence-electron chi connectivity index (χ3n) is 9.51. The number of nitrogens with one attached hydrogen (secondary N) is 2. The Morgan fingerprint density at radius 1 is 0.872 bits per heavy atom. The van der Waals surface area contributed by atoms with E-state index in [-0.39, 0.29) is 22.5 Å². The number of carbonyl (C=O) groups excluding carboxylic acids is 2. The highest BCUT2D eigenvalue weighted by Gasteiger charge is 2.43. The molecule has 0 saturated carbocycles. The zero-order chi connectivity index (χ0) is 33.1. The van der Waals surface area contributed by atoms with Gasteiger partial charge in [0, 0.05) is 45.0 Å². The van der Waals surface area contributed by atoms with Crippen molar-refractivity contribution in [1.82, 2.24) is 4.98 Å². The number of anilines is 2. The summed E-state index contributed by atoms with van der Waals surface area (Å²) in [5.41, 5.74) is 8.79. The van der Waals surface area contributed by atoms with Crippen LogP contribution in [0.5, 0.6) is 0 Å². The van der Waals surface area contributed by atoms with Crippen LogP contribution in [0.4, 0.5) is 11.4 Å². The molecule has 1 unspecified atom stereocenters. The van der Waals surface area contributed by atoms with Crippen molar-refractivity contribution in [2.45, 2.75) is 65.3 Å². The van der Waals surface area contributed by atoms with Crippen LogP contribution >= 0.6 is 11.6 Å². The zero-order valence-electron chi connectivity index (χ0n) is 27.6. The minimum Gasteiger partial charge on any atom is -0.358 e. The molecule has 1 aliphatic carbocycles. The number of aromatic nitrogens is 1. The second-order valence-corrected chi connectivity index (χ2v) is 15.2. The number of Topliss-reactive ketones (excluding diaryl/α,β-unsaturated/α-hetero) is 1. The number of hydrogen-bond acceptors (Lipinski definition) is 3. The number of benzene rings is 4. The van der Waals surface area contributed by atoms with Crippen molar-refractivity contribution >= 4 is 51.1 Å². The first-order chi connectivity index (χ1) is 22.4. The summed E-state index contributed by atoms with van der Waals surface area (Å²) in [7, 11) is 0. The molecule has 2 aliphatic rings. The zero-order valence-corrected chi connectivity index (χ0v) is 28.3. The number of fused-ring (bicyclic) bond motifs is 2. The molecule has 7 rings (SSSR count). The van der Waals surface area contributed by atoms with Crippen molar-refractivity contribution < 1.29 is 9.59 Å². The van der Waals surface area contributed by atoms with Crippen LogP contribution in [0, 0.1) is 5.41 Å². The standard InChI is InChI=1S/C41H40ClN3O2/c1-40(2,3)26-16-14-25(15-17-26)24-45-33-13-9-7-11-30(33)36(39(45)47)35-29-10-6-8-12-31(29)44-38(35)37-32(22-41(4,5)23-34(37)46)43-28-20-18-27(42)19-21-28/h6-21,36,43-44H,22-24H2,1-5H3. The molecule has 2 N–H and O–H groups in total. The summed E-state index contributed by atoms with van der Waals surface area (Å²) in [5.74, 6) is -0.508. The molecule has 2 heterocycles. The van der Waals surface area contributed by atoms with Gasteiger partial charge in [-0.25, -0.2) is 0 Å². The lowest BCUT2D eigenvalue weighted by Gasteiger charge is -2.33. The fourth-order valence-electron chi connectivity index (χ4n) is 7.21. The summed E-state index contributed by atoms with van der Waals surface area (Å²) < 4.78 is 0. The molecule has 0 bridgehead atoms. The first-order valence-electron chi connectivity index (χ1n) is 16.3. The Hall–Kier alpha value is -4.61. The molecule has 6 heteroatoms. The number of aromatic amines is 1. The maximum atomic E-state index is 14.7. The van der Waals surface area contributed by atoms with Crippen LogP contribution in [0.15, 0.2) is 103 Å². The number of carbonyl (C=O) groups is 2. The highest BCUT2D eigenvalue weighted by Crippen LogP contribution is 2.49. The maximum Gasteiger partial charge on any atom is 0.239 e. The first kappa shape index (κ1) is 31.0. The van der Waals surface area contributed by atoms with Gasteiger partial charge in [0.1, 0.15) is 0 Å². The number of ketones is 1. The van der Waals surface area contributed by atoms with E-state index in [9.17, 15) is 9.59 Å². The smallest absolute Gasteiger partial charge is 0.239 e. The quantitative estimate of drug-likeness (QED) is 0.194. The third kappa shape index (κ3) is 5.78. The van der Waals surface area contributed by atoms with Crippen LogP contribution in [-0.2, 0) is 21.5 Å². The minimum atomic E-state index is -0.571. The van der Waals surface area contributed by atoms with Gasteiger partial charge in [0.15, 0.2) is 5.78 Å². The molecule has 4 aromatic carbocycles. The third-order valence-corrected chi connectivity index (χ3v) is 9.76. The van der Waals surface area contributed by atoms with Crippen LogP contribution in [0.25, 0.3) is 16.5 Å². The molecule has 5 aromatic rings. The normalized spacial score (nSPS) is 17.8. The SMILES string of the molecule is CC1(C)CC(=O)C(c2[nH]c3ccccc3c2C2C(=O)N(Cc3ccc(C(C)(C)C)cc3)c3ccccc32)=C(Nc2ccc(Cl)cc2)C1. The van der Waals surface area contributed by atoms with Gasteiger partial charge in [0.25, 0.3) is 0 Å². The molecular weight excluding hydrogens is 602 g/mol. The van der Waals surface area contributed by atoms with E-state index in [1.54, 1.807) is 0 Å². The molecule has 1 aromatic heterocycles. The van der Waals surface area contributed by atoms with E-state index in [4.69, 9.17) is 11.6 Å². The minimum absolute atomic E-state index is 0.00787. The molecule has 0 radical (unpaired) electrons. The van der Waals surface area contributed by atoms with Crippen molar-refractivity contribution in [3.8, 4) is 0 Å². The summed E-state index contributed by atoms with van der Waals surface area (Å²) in [4.78, 5) is 34.5. The molecule has 238 valence electrons. The fourth-order valence-corrected chi connectivity index (χ4v) is 7.33. The number of nitrogens with zero attached hydrogens (tertiary/aromatic N) is 1. The Labute approximate surface area is 281 Å². The van der Waals surface area contributed by atoms with Crippen molar-refractivity contribution in [2.75, 3.05) is 10.2 Å². The number of para-hydroxylation sites is 2. The van der Waals surface area contributed by atoms with Gasteiger partial charge < -0.3 is 15.2 Å². The highest BCUT2D eigenvalue weighted by atomic mass is 35.5. The van der Waals surface area contributed by atoms with Crippen LogP contribution < -0.4 is 10.2 Å². The lowest BCUT2D eigenvalue weighted by Crippen LogP contribution is -2.30. The maximum absolute atomic E-state index is 14.7. The van der Waals surface area contributed by atoms with Gasteiger partial charge in [0.2, 0.25) is 5.91 Å². The lowest BCUT2D eigenvalue weighted by molar-refractivity contribution is -0.119. The van der Waals surface area contributed by atoms with Crippen LogP contribution in [0.1, 0.15) is 81.3 Å². The molecule has 1 atom stereocenters. The number of halogens is 1. The molecule has 47 heavy (non-hydrogen) atoms. The van der Waals surface area contributed by atoms with Gasteiger partial charge in [-0.05, 0) is 70.3 Å². The molecule has 5 nitrogen and oxygen atoms in total. The molecule has 0 saturated heterocycles. The Morgan fingerprint density at radius 2 is 1.55 bits per heavy atom. The van der Waals surface area contributed by atoms with Crippen molar-refractivity contribution in [1.29, 1.82) is 0 Å². The number of rotatable bonds is 6. The molecule has 1 amide bonds. The van der Waals surface area contributed by atoms with Gasteiger partial charge >= 0.3 is 0 Å². The second kappa shape index (κ2) is 11.6. The average molecular weight is 642 g/mol. The lowest BCUT2D eigenvalue weighted by atomic mass is 9.74. The van der Waals surface area contributed by atoms with E-state index < -0.39 is 5.92 Å². The van der Waals surface area contributed by atoms with Crippen LogP contribution in [-0.4, -0.2) is 16.7 Å². The Kier molecular flexibility index (Phi) is 7.64. The average Bonchev–Trinajstić information content (AvgIpc) is 3.51. The predicted molar refractivity (Wildman–Crippen MR) is 193 cm³/mol. The van der Waals surface area contributed by atoms with Gasteiger partial charge in [0.05, 0.1) is 23.7 Å². The number of amides is 1. The summed E-state index contributed by atoms with van der Waals surface area (Å²) in [6.45, 7) is 11.3. The Balaban J connectivity index is 1.37. The van der Waals surface area contributed by atoms with Crippen LogP contribution in [0.2, 0.25) is 5.02 Å². The molecule has 0 fully saturated rings. The predicted octanol–water partition coefficient (Wildman–Crippen LogP) is 10.0. The Bertz CT molecular complexity index is 2050. The van der Waals surface area contributed by atoms with Gasteiger partial charge in [-0.3, -0.25) is 9.59 Å². The van der Waals surface area contributed by atoms with Crippen molar-refractivity contribution in [3.05, 3.63) is 136 Å². The second-order valence-electron chi connectivity index (χ2n) is 14.7. The summed E-state index contributed by atoms with van der Waals surface area (Å²) >= 11 is 6.19. The Morgan fingerprint density at radius 3 is 2.28 bits per heavy atom. The van der Waals surface area contributed by atoms with Gasteiger partial charge in [-0.15, -0.1) is 0 Å². The number of hydrogen-bond donors (Lipinski definition) is 2. The molecule has 1 aliphatic heterocycles. The van der Waals surface area contributed by atoms with Gasteiger partial charge in [-0.2, -0.15) is 0 Å². The van der Waals surface area contributed by atoms with E-state index >= 15 is 0 Å². The van der Waals surface area contributed by atoms with E-state index in [1.165, 1.54) is 5.56 Å². The summed E-state index contributed by atoms with van der Waals surface area (Å²) in [5, 5.41) is 5.17. The monoisotopic (exact) mass is 641 g/mol. The van der Waals surface area contributed by atoms with E-state index in [2.05, 4.69) is 81.3 Å². The summed E-state index contributed by atoms with van der Waals surface area (Å²) in [6.07, 6.45) is 1.09. The number of allylic oxidation sites excluding steroid dienone is 2. The molecular formula is C41H40ClN3O2. The van der Waals surface area contributed by atoms with Crippen LogP contribution in [0.3, 0.4) is 0 Å².